The van der Waals surface area contributed by atoms with Crippen molar-refractivity contribution in [2.24, 2.45) is 0 Å². The van der Waals surface area contributed by atoms with Crippen molar-refractivity contribution < 1.29 is 26.9 Å². The van der Waals surface area contributed by atoms with Gasteiger partial charge in [0.1, 0.15) is 11.4 Å². The zero-order valence-electron chi connectivity index (χ0n) is 14.2. The molecule has 144 valence electrons. The number of hydrogen-bond acceptors (Lipinski definition) is 6. The molecule has 0 aromatic heterocycles. The highest BCUT2D eigenvalue weighted by atomic mass is 32.2. The first-order valence-corrected chi connectivity index (χ1v) is 9.53. The second-order valence-electron chi connectivity index (χ2n) is 6.01. The average molecular weight is 398 g/mol. The van der Waals surface area contributed by atoms with Gasteiger partial charge in [-0.3, -0.25) is 10.1 Å². The SMILES string of the molecule is COc1cccc2c1CCC2Nc1ccc(S(=O)(=O)C(F)F)cc1[N+](=O)[O-]. The molecule has 1 unspecified atom stereocenters. The molecule has 0 fully saturated rings. The summed E-state index contributed by atoms with van der Waals surface area (Å²) >= 11 is 0. The second-order valence-corrected chi connectivity index (χ2v) is 7.92. The van der Waals surface area contributed by atoms with Crippen molar-refractivity contribution >= 4 is 21.2 Å². The summed E-state index contributed by atoms with van der Waals surface area (Å²) in [5.41, 5.74) is 1.41. The molecule has 2 aromatic rings. The number of nitrogens with one attached hydrogen (secondary N) is 1. The van der Waals surface area contributed by atoms with E-state index in [0.29, 0.717) is 18.9 Å². The van der Waals surface area contributed by atoms with E-state index in [4.69, 9.17) is 4.74 Å². The minimum atomic E-state index is -4.92. The Morgan fingerprint density at radius 3 is 2.67 bits per heavy atom. The molecular formula is C17H16F2N2O5S. The van der Waals surface area contributed by atoms with Crippen LogP contribution in [0.5, 0.6) is 5.75 Å². The number of alkyl halides is 2. The maximum atomic E-state index is 12.7. The summed E-state index contributed by atoms with van der Waals surface area (Å²) in [5.74, 6) is -2.92. The summed E-state index contributed by atoms with van der Waals surface area (Å²) in [5, 5.41) is 14.4. The topological polar surface area (TPSA) is 98.5 Å². The molecule has 0 aliphatic heterocycles. The summed E-state index contributed by atoms with van der Waals surface area (Å²) in [4.78, 5) is 9.77. The van der Waals surface area contributed by atoms with Crippen LogP contribution in [0.2, 0.25) is 0 Å². The van der Waals surface area contributed by atoms with Gasteiger partial charge < -0.3 is 10.1 Å². The van der Waals surface area contributed by atoms with Crippen LogP contribution < -0.4 is 10.1 Å². The van der Waals surface area contributed by atoms with Gasteiger partial charge >= 0.3 is 5.76 Å². The van der Waals surface area contributed by atoms with E-state index in [1.165, 1.54) is 0 Å². The maximum absolute atomic E-state index is 12.7. The van der Waals surface area contributed by atoms with Gasteiger partial charge in [0.15, 0.2) is 0 Å². The molecule has 0 bridgehead atoms. The van der Waals surface area contributed by atoms with Crippen LogP contribution in [-0.4, -0.2) is 26.2 Å². The number of sulfone groups is 1. The summed E-state index contributed by atoms with van der Waals surface area (Å²) in [6, 6.07) is 8.02. The van der Waals surface area contributed by atoms with Crippen molar-refractivity contribution in [1.82, 2.24) is 0 Å². The minimum Gasteiger partial charge on any atom is -0.496 e. The molecule has 1 atom stereocenters. The standard InChI is InChI=1S/C17H16F2N2O5S/c1-26-16-4-2-3-11-12(16)6-8-13(11)20-14-7-5-10(9-15(14)21(22)23)27(24,25)17(18)19/h2-5,7,9,13,17,20H,6,8H2,1H3. The van der Waals surface area contributed by atoms with Gasteiger partial charge in [0.05, 0.1) is 23.0 Å². The Kier molecular flexibility index (Phi) is 5.01. The van der Waals surface area contributed by atoms with E-state index in [0.717, 1.165) is 29.0 Å². The quantitative estimate of drug-likeness (QED) is 0.588. The van der Waals surface area contributed by atoms with Gasteiger partial charge in [0, 0.05) is 6.07 Å². The fraction of sp³-hybridized carbons (Fsp3) is 0.294. The van der Waals surface area contributed by atoms with Crippen molar-refractivity contribution in [3.05, 3.63) is 57.6 Å². The summed E-state index contributed by atoms with van der Waals surface area (Å²) in [6.07, 6.45) is 1.37. The van der Waals surface area contributed by atoms with E-state index in [1.54, 1.807) is 7.11 Å². The predicted molar refractivity (Wildman–Crippen MR) is 94.0 cm³/mol. The lowest BCUT2D eigenvalue weighted by Gasteiger charge is -2.16. The Labute approximate surface area is 154 Å². The molecule has 1 N–H and O–H groups in total. The van der Waals surface area contributed by atoms with E-state index in [2.05, 4.69) is 5.32 Å². The number of rotatable bonds is 6. The fourth-order valence-corrected chi connectivity index (χ4v) is 3.95. The predicted octanol–water partition coefficient (Wildman–Crippen LogP) is 3.70. The zero-order chi connectivity index (χ0) is 19.8. The number of nitro benzene ring substituents is 1. The van der Waals surface area contributed by atoms with Gasteiger partial charge in [-0.15, -0.1) is 0 Å². The second kappa shape index (κ2) is 7.10. The van der Waals surface area contributed by atoms with Crippen molar-refractivity contribution in [2.45, 2.75) is 29.5 Å². The third kappa shape index (κ3) is 3.44. The lowest BCUT2D eigenvalue weighted by molar-refractivity contribution is -0.384. The number of ether oxygens (including phenoxy) is 1. The molecule has 7 nitrogen and oxygen atoms in total. The first-order valence-electron chi connectivity index (χ1n) is 7.98. The van der Waals surface area contributed by atoms with Gasteiger partial charge in [-0.2, -0.15) is 8.78 Å². The third-order valence-electron chi connectivity index (χ3n) is 4.51. The molecular weight excluding hydrogens is 382 g/mol. The van der Waals surface area contributed by atoms with Gasteiger partial charge in [0.2, 0.25) is 9.84 Å². The normalized spacial score (nSPS) is 16.2. The van der Waals surface area contributed by atoms with Gasteiger partial charge in [-0.05, 0) is 42.2 Å². The average Bonchev–Trinajstić information content (AvgIpc) is 3.04. The molecule has 2 aromatic carbocycles. The minimum absolute atomic E-state index is 0.0638. The van der Waals surface area contributed by atoms with E-state index in [-0.39, 0.29) is 11.7 Å². The molecule has 3 rings (SSSR count). The zero-order valence-corrected chi connectivity index (χ0v) is 15.0. The van der Waals surface area contributed by atoms with Crippen LogP contribution in [-0.2, 0) is 16.3 Å². The fourth-order valence-electron chi connectivity index (χ4n) is 3.21. The number of methoxy groups -OCH3 is 1. The monoisotopic (exact) mass is 398 g/mol. The number of benzene rings is 2. The van der Waals surface area contributed by atoms with E-state index in [1.807, 2.05) is 18.2 Å². The lowest BCUT2D eigenvalue weighted by Crippen LogP contribution is -2.13. The third-order valence-corrected chi connectivity index (χ3v) is 5.89. The highest BCUT2D eigenvalue weighted by Crippen LogP contribution is 2.40. The van der Waals surface area contributed by atoms with Crippen LogP contribution in [0.4, 0.5) is 20.2 Å². The molecule has 0 saturated carbocycles. The molecule has 27 heavy (non-hydrogen) atoms. The van der Waals surface area contributed by atoms with Crippen LogP contribution in [0.3, 0.4) is 0 Å². The molecule has 10 heteroatoms. The molecule has 0 saturated heterocycles. The molecule has 0 heterocycles. The molecule has 0 amide bonds. The number of halogens is 2. The highest BCUT2D eigenvalue weighted by molar-refractivity contribution is 7.91. The lowest BCUT2D eigenvalue weighted by atomic mass is 10.1. The smallest absolute Gasteiger partial charge is 0.341 e. The van der Waals surface area contributed by atoms with Gasteiger partial charge in [-0.25, -0.2) is 8.42 Å². The number of nitro groups is 1. The van der Waals surface area contributed by atoms with Crippen molar-refractivity contribution in [2.75, 3.05) is 12.4 Å². The summed E-state index contributed by atoms with van der Waals surface area (Å²) in [7, 11) is -3.36. The summed E-state index contributed by atoms with van der Waals surface area (Å²) in [6.45, 7) is 0. The van der Waals surface area contributed by atoms with E-state index >= 15 is 0 Å². The Morgan fingerprint density at radius 1 is 1.30 bits per heavy atom. The van der Waals surface area contributed by atoms with Gasteiger partial charge in [-0.1, -0.05) is 12.1 Å². The molecule has 1 aliphatic rings. The van der Waals surface area contributed by atoms with Gasteiger partial charge in [0.25, 0.3) is 5.69 Å². The Hall–Kier alpha value is -2.75. The largest absolute Gasteiger partial charge is 0.496 e. The molecule has 0 spiro atoms. The van der Waals surface area contributed by atoms with Crippen molar-refractivity contribution in [1.29, 1.82) is 0 Å². The number of hydrogen-bond donors (Lipinski definition) is 1. The van der Waals surface area contributed by atoms with Crippen LogP contribution in [0.15, 0.2) is 41.3 Å². The van der Waals surface area contributed by atoms with Crippen LogP contribution in [0.1, 0.15) is 23.6 Å². The maximum Gasteiger partial charge on any atom is 0.341 e. The number of anilines is 1. The van der Waals surface area contributed by atoms with Crippen LogP contribution >= 0.6 is 0 Å². The van der Waals surface area contributed by atoms with Crippen LogP contribution in [0.25, 0.3) is 0 Å². The number of fused-ring (bicyclic) bond motifs is 1. The van der Waals surface area contributed by atoms with E-state index < -0.39 is 31.1 Å². The first-order chi connectivity index (χ1) is 12.8. The summed E-state index contributed by atoms with van der Waals surface area (Å²) < 4.78 is 53.9. The molecule has 0 radical (unpaired) electrons. The Bertz CT molecular complexity index is 995. The number of nitrogens with zero attached hydrogens (tertiary/aromatic N) is 1. The van der Waals surface area contributed by atoms with Crippen LogP contribution in [0, 0.1) is 10.1 Å². The van der Waals surface area contributed by atoms with Crippen molar-refractivity contribution in [3.63, 3.8) is 0 Å². The van der Waals surface area contributed by atoms with E-state index in [9.17, 15) is 27.3 Å². The molecule has 1 aliphatic carbocycles. The Balaban J connectivity index is 1.97. The first kappa shape index (κ1) is 19.0. The van der Waals surface area contributed by atoms with Crippen molar-refractivity contribution in [3.8, 4) is 5.75 Å². The Morgan fingerprint density at radius 2 is 2.04 bits per heavy atom. The highest BCUT2D eigenvalue weighted by Gasteiger charge is 2.31.